The maximum atomic E-state index is 13.8. The van der Waals surface area contributed by atoms with Crippen molar-refractivity contribution in [1.82, 2.24) is 4.98 Å². The molecule has 2 aromatic rings. The fraction of sp³-hybridized carbons (Fsp3) is 0.519. The van der Waals surface area contributed by atoms with Crippen LogP contribution in [0.25, 0.3) is 0 Å². The Bertz CT molecular complexity index is 1020. The van der Waals surface area contributed by atoms with Crippen LogP contribution in [0.4, 0.5) is 16.2 Å². The highest BCUT2D eigenvalue weighted by Crippen LogP contribution is 2.36. The zero-order valence-corrected chi connectivity index (χ0v) is 21.3. The van der Waals surface area contributed by atoms with Crippen LogP contribution in [0.15, 0.2) is 36.4 Å². The lowest BCUT2D eigenvalue weighted by Gasteiger charge is -2.37. The number of ether oxygens (including phenoxy) is 2. The number of pyridine rings is 1. The van der Waals surface area contributed by atoms with E-state index in [1.165, 1.54) is 0 Å². The van der Waals surface area contributed by atoms with Crippen molar-refractivity contribution in [2.75, 3.05) is 23.9 Å². The van der Waals surface area contributed by atoms with Gasteiger partial charge in [0.25, 0.3) is 0 Å². The van der Waals surface area contributed by atoms with Crippen LogP contribution in [0.2, 0.25) is 0 Å². The van der Waals surface area contributed by atoms with Crippen LogP contribution in [-0.2, 0) is 9.53 Å². The van der Waals surface area contributed by atoms with Crippen LogP contribution < -0.4 is 15.0 Å². The zero-order chi connectivity index (χ0) is 25.5. The number of hydrogen-bond donors (Lipinski definition) is 2. The normalized spacial score (nSPS) is 18.7. The largest absolute Gasteiger partial charge is 0.481 e. The molecule has 0 bridgehead atoms. The molecule has 190 valence electrons. The predicted molar refractivity (Wildman–Crippen MR) is 136 cm³/mol. The standard InChI is InChI=1S/C27H37N3O5/c1-17(2)22-8-6-7-9-24(22)30(21-13-11-20(12-14-21)26(31)32)27(33)29-23-15-10-18(3)28-25(23)35-19(4)16-34-5/h6-10,15,17,19-21H,11-14,16H2,1-5H3,(H,29,33)(H,31,32)/t19-,20?,21?/m0/s1. The van der Waals surface area contributed by atoms with E-state index in [4.69, 9.17) is 9.47 Å². The molecule has 2 amide bonds. The molecule has 0 unspecified atom stereocenters. The Morgan fingerprint density at radius 2 is 1.80 bits per heavy atom. The van der Waals surface area contributed by atoms with Gasteiger partial charge < -0.3 is 19.9 Å². The molecular formula is C27H37N3O5. The number of aryl methyl sites for hydroxylation is 1. The summed E-state index contributed by atoms with van der Waals surface area (Å²) in [4.78, 5) is 31.6. The smallest absolute Gasteiger partial charge is 0.326 e. The number of rotatable bonds is 9. The summed E-state index contributed by atoms with van der Waals surface area (Å²) in [5, 5.41) is 12.5. The molecule has 0 saturated heterocycles. The third-order valence-electron chi connectivity index (χ3n) is 6.40. The summed E-state index contributed by atoms with van der Waals surface area (Å²) in [6, 6.07) is 11.1. The topological polar surface area (TPSA) is 101 Å². The lowest BCUT2D eigenvalue weighted by molar-refractivity contribution is -0.142. The van der Waals surface area contributed by atoms with Gasteiger partial charge in [0.2, 0.25) is 5.88 Å². The molecule has 0 radical (unpaired) electrons. The van der Waals surface area contributed by atoms with E-state index in [-0.39, 0.29) is 30.0 Å². The zero-order valence-electron chi connectivity index (χ0n) is 21.3. The van der Waals surface area contributed by atoms with Gasteiger partial charge in [-0.2, -0.15) is 0 Å². The van der Waals surface area contributed by atoms with Crippen LogP contribution in [0, 0.1) is 12.8 Å². The van der Waals surface area contributed by atoms with E-state index in [9.17, 15) is 14.7 Å². The first-order chi connectivity index (χ1) is 16.7. The first-order valence-electron chi connectivity index (χ1n) is 12.3. The van der Waals surface area contributed by atoms with Gasteiger partial charge in [-0.15, -0.1) is 0 Å². The van der Waals surface area contributed by atoms with Gasteiger partial charge in [0.15, 0.2) is 0 Å². The number of hydrogen-bond acceptors (Lipinski definition) is 5. The number of methoxy groups -OCH3 is 1. The van der Waals surface area contributed by atoms with E-state index >= 15 is 0 Å². The van der Waals surface area contributed by atoms with E-state index in [2.05, 4.69) is 24.1 Å². The number of nitrogens with one attached hydrogen (secondary N) is 1. The molecule has 1 aromatic carbocycles. The lowest BCUT2D eigenvalue weighted by Crippen LogP contribution is -2.46. The minimum atomic E-state index is -0.764. The molecule has 1 aliphatic carbocycles. The molecule has 1 fully saturated rings. The summed E-state index contributed by atoms with van der Waals surface area (Å²) in [5.74, 6) is -0.568. The number of carboxylic acids is 1. The van der Waals surface area contributed by atoms with Gasteiger partial charge in [0, 0.05) is 24.5 Å². The Morgan fingerprint density at radius 3 is 2.43 bits per heavy atom. The van der Waals surface area contributed by atoms with E-state index in [0.29, 0.717) is 43.9 Å². The van der Waals surface area contributed by atoms with Gasteiger partial charge in [-0.1, -0.05) is 32.0 Å². The molecule has 0 aliphatic heterocycles. The number of urea groups is 1. The van der Waals surface area contributed by atoms with Crippen LogP contribution in [0.3, 0.4) is 0 Å². The van der Waals surface area contributed by atoms with Crippen molar-refractivity contribution < 1.29 is 24.2 Å². The number of anilines is 2. The van der Waals surface area contributed by atoms with Crippen LogP contribution >= 0.6 is 0 Å². The molecule has 35 heavy (non-hydrogen) atoms. The Morgan fingerprint density at radius 1 is 1.11 bits per heavy atom. The van der Waals surface area contributed by atoms with Crippen molar-refractivity contribution in [3.05, 3.63) is 47.7 Å². The Labute approximate surface area is 207 Å². The fourth-order valence-corrected chi connectivity index (χ4v) is 4.60. The van der Waals surface area contributed by atoms with Gasteiger partial charge in [0.1, 0.15) is 11.8 Å². The molecule has 0 spiro atoms. The number of amides is 2. The molecule has 3 rings (SSSR count). The summed E-state index contributed by atoms with van der Waals surface area (Å²) >= 11 is 0. The number of aliphatic carboxylic acids is 1. The molecule has 8 nitrogen and oxygen atoms in total. The number of carbonyl (C=O) groups excluding carboxylic acids is 1. The van der Waals surface area contributed by atoms with Gasteiger partial charge in [-0.05, 0) is 69.2 Å². The predicted octanol–water partition coefficient (Wildman–Crippen LogP) is 5.61. The first-order valence-corrected chi connectivity index (χ1v) is 12.3. The average Bonchev–Trinajstić information content (AvgIpc) is 2.81. The van der Waals surface area contributed by atoms with Crippen molar-refractivity contribution in [2.24, 2.45) is 5.92 Å². The third-order valence-corrected chi connectivity index (χ3v) is 6.40. The summed E-state index contributed by atoms with van der Waals surface area (Å²) in [6.45, 7) is 8.34. The van der Waals surface area contributed by atoms with Gasteiger partial charge in [-0.3, -0.25) is 9.69 Å². The first kappa shape index (κ1) is 26.5. The molecule has 1 heterocycles. The van der Waals surface area contributed by atoms with Crippen molar-refractivity contribution in [1.29, 1.82) is 0 Å². The maximum Gasteiger partial charge on any atom is 0.326 e. The molecule has 1 saturated carbocycles. The van der Waals surface area contributed by atoms with E-state index in [1.54, 1.807) is 18.1 Å². The van der Waals surface area contributed by atoms with E-state index < -0.39 is 5.97 Å². The second-order valence-electron chi connectivity index (χ2n) is 9.55. The molecule has 8 heteroatoms. The Kier molecular flexibility index (Phi) is 9.09. The minimum absolute atomic E-state index is 0.110. The van der Waals surface area contributed by atoms with Gasteiger partial charge >= 0.3 is 12.0 Å². The van der Waals surface area contributed by atoms with Gasteiger partial charge in [0.05, 0.1) is 12.5 Å². The second-order valence-corrected chi connectivity index (χ2v) is 9.55. The number of para-hydroxylation sites is 1. The van der Waals surface area contributed by atoms with Crippen LogP contribution in [0.1, 0.15) is 63.6 Å². The number of nitrogens with zero attached hydrogens (tertiary/aromatic N) is 2. The maximum absolute atomic E-state index is 13.8. The summed E-state index contributed by atoms with van der Waals surface area (Å²) in [7, 11) is 1.61. The number of benzene rings is 1. The highest BCUT2D eigenvalue weighted by Gasteiger charge is 2.34. The van der Waals surface area contributed by atoms with Crippen LogP contribution in [-0.4, -0.2) is 48.0 Å². The number of carboxylic acid groups (broad SMARTS) is 1. The molecular weight excluding hydrogens is 446 g/mol. The summed E-state index contributed by atoms with van der Waals surface area (Å²) in [6.07, 6.45) is 2.09. The quantitative estimate of drug-likeness (QED) is 0.481. The van der Waals surface area contributed by atoms with Crippen LogP contribution in [0.5, 0.6) is 5.88 Å². The minimum Gasteiger partial charge on any atom is -0.481 e. The van der Waals surface area contributed by atoms with E-state index in [1.807, 2.05) is 44.2 Å². The number of aromatic nitrogens is 1. The Hall–Kier alpha value is -3.13. The average molecular weight is 484 g/mol. The monoisotopic (exact) mass is 483 g/mol. The summed E-state index contributed by atoms with van der Waals surface area (Å²) < 4.78 is 11.1. The van der Waals surface area contributed by atoms with Crippen molar-refractivity contribution in [3.8, 4) is 5.88 Å². The lowest BCUT2D eigenvalue weighted by atomic mass is 9.85. The molecule has 1 atom stereocenters. The van der Waals surface area contributed by atoms with Crippen molar-refractivity contribution >= 4 is 23.4 Å². The highest BCUT2D eigenvalue weighted by molar-refractivity contribution is 6.03. The van der Waals surface area contributed by atoms with Gasteiger partial charge in [-0.25, -0.2) is 9.78 Å². The second kappa shape index (κ2) is 12.0. The summed E-state index contributed by atoms with van der Waals surface area (Å²) in [5.41, 5.74) is 3.16. The third kappa shape index (κ3) is 6.72. The highest BCUT2D eigenvalue weighted by atomic mass is 16.5. The fourth-order valence-electron chi connectivity index (χ4n) is 4.60. The molecule has 1 aromatic heterocycles. The Balaban J connectivity index is 1.93. The number of carbonyl (C=O) groups is 2. The van der Waals surface area contributed by atoms with Crippen molar-refractivity contribution in [2.45, 2.75) is 71.4 Å². The molecule has 2 N–H and O–H groups in total. The SMILES string of the molecule is COC[C@H](C)Oc1nc(C)ccc1NC(=O)N(c1ccccc1C(C)C)C1CCC(C(=O)O)CC1. The molecule has 1 aliphatic rings. The van der Waals surface area contributed by atoms with E-state index in [0.717, 1.165) is 16.9 Å². The van der Waals surface area contributed by atoms with Crippen molar-refractivity contribution in [3.63, 3.8) is 0 Å².